The normalized spacial score (nSPS) is 32.1. The first-order valence-corrected chi connectivity index (χ1v) is 7.67. The first-order valence-electron chi connectivity index (χ1n) is 7.67. The second-order valence-corrected chi connectivity index (χ2v) is 6.28. The van der Waals surface area contributed by atoms with E-state index in [1.54, 1.807) is 0 Å². The average Bonchev–Trinajstić information content (AvgIpc) is 3.26. The first-order chi connectivity index (χ1) is 10.1. The topological polar surface area (TPSA) is 42.1 Å². The van der Waals surface area contributed by atoms with Crippen LogP contribution in [0.3, 0.4) is 0 Å². The van der Waals surface area contributed by atoms with Crippen LogP contribution in [0.5, 0.6) is 0 Å². The molecule has 2 atom stereocenters. The Balaban J connectivity index is 1.74. The van der Waals surface area contributed by atoms with Gasteiger partial charge in [-0.05, 0) is 25.8 Å². The van der Waals surface area contributed by atoms with Crippen LogP contribution in [0.1, 0.15) is 25.8 Å². The van der Waals surface area contributed by atoms with Crippen molar-refractivity contribution in [1.29, 1.82) is 0 Å². The van der Waals surface area contributed by atoms with E-state index < -0.39 is 5.41 Å². The molecule has 0 aromatic heterocycles. The molecule has 0 aliphatic carbocycles. The van der Waals surface area contributed by atoms with Gasteiger partial charge in [0.1, 0.15) is 11.0 Å². The number of rotatable bonds is 4. The second kappa shape index (κ2) is 5.43. The van der Waals surface area contributed by atoms with Gasteiger partial charge < -0.3 is 9.47 Å². The Morgan fingerprint density at radius 1 is 1.38 bits per heavy atom. The van der Waals surface area contributed by atoms with Gasteiger partial charge in [0.2, 0.25) is 0 Å². The summed E-state index contributed by atoms with van der Waals surface area (Å²) in [6.45, 7) is 7.47. The van der Waals surface area contributed by atoms with Crippen LogP contribution in [0.15, 0.2) is 30.3 Å². The molecule has 1 spiro atoms. The van der Waals surface area contributed by atoms with E-state index in [1.807, 2.05) is 19.9 Å². The highest BCUT2D eigenvalue weighted by Crippen LogP contribution is 2.51. The maximum absolute atomic E-state index is 12.4. The molecule has 2 aliphatic rings. The molecule has 1 aromatic rings. The molecule has 2 aliphatic heterocycles. The molecule has 0 bridgehead atoms. The molecule has 3 rings (SSSR count). The maximum Gasteiger partial charge on any atom is 0.316 e. The van der Waals surface area contributed by atoms with Crippen LogP contribution in [0.2, 0.25) is 0 Å². The van der Waals surface area contributed by atoms with Gasteiger partial charge in [0.15, 0.2) is 0 Å². The van der Waals surface area contributed by atoms with Crippen molar-refractivity contribution in [1.82, 2.24) is 4.90 Å². The summed E-state index contributed by atoms with van der Waals surface area (Å²) in [7, 11) is 0. The van der Waals surface area contributed by atoms with Crippen LogP contribution >= 0.6 is 0 Å². The van der Waals surface area contributed by atoms with Crippen LogP contribution in [0.4, 0.5) is 0 Å². The Hall–Kier alpha value is -1.39. The van der Waals surface area contributed by atoms with E-state index in [9.17, 15) is 4.79 Å². The van der Waals surface area contributed by atoms with E-state index in [-0.39, 0.29) is 11.6 Å². The number of hydrogen-bond donors (Lipinski definition) is 0. The third kappa shape index (κ3) is 2.58. The van der Waals surface area contributed by atoms with Gasteiger partial charge >= 0.3 is 5.97 Å². The molecule has 21 heavy (non-hydrogen) atoms. The van der Waals surface area contributed by atoms with Gasteiger partial charge in [-0.1, -0.05) is 30.3 Å². The number of carbonyl (C=O) groups excluding carboxylic acids is 1. The highest BCUT2D eigenvalue weighted by molar-refractivity contribution is 5.79. The molecular weight excluding hydrogens is 266 g/mol. The van der Waals surface area contributed by atoms with Crippen molar-refractivity contribution >= 4 is 5.97 Å². The number of piperidine rings is 1. The molecule has 2 heterocycles. The number of likely N-dealkylation sites (tertiary alicyclic amines) is 1. The fourth-order valence-electron chi connectivity index (χ4n) is 3.35. The lowest BCUT2D eigenvalue weighted by molar-refractivity contribution is -0.163. The van der Waals surface area contributed by atoms with Crippen molar-refractivity contribution < 1.29 is 14.3 Å². The van der Waals surface area contributed by atoms with E-state index in [0.29, 0.717) is 19.8 Å². The first kappa shape index (κ1) is 14.5. The SMILES string of the molecule is CCOC(=O)C1(C)CN(Cc2ccccc2)CCC12CO2. The van der Waals surface area contributed by atoms with Gasteiger partial charge in [0.05, 0.1) is 13.2 Å². The molecule has 0 radical (unpaired) electrons. The van der Waals surface area contributed by atoms with Crippen LogP contribution < -0.4 is 0 Å². The fraction of sp³-hybridized carbons (Fsp3) is 0.588. The predicted molar refractivity (Wildman–Crippen MR) is 79.8 cm³/mol. The molecular formula is C17H23NO3. The number of ether oxygens (including phenoxy) is 2. The van der Waals surface area contributed by atoms with Gasteiger partial charge in [-0.3, -0.25) is 9.69 Å². The molecule has 2 fully saturated rings. The minimum atomic E-state index is -0.559. The van der Waals surface area contributed by atoms with Gasteiger partial charge in [0, 0.05) is 19.6 Å². The molecule has 2 saturated heterocycles. The number of carbonyl (C=O) groups is 1. The highest BCUT2D eigenvalue weighted by atomic mass is 16.6. The van der Waals surface area contributed by atoms with Gasteiger partial charge in [0.25, 0.3) is 0 Å². The maximum atomic E-state index is 12.4. The van der Waals surface area contributed by atoms with E-state index in [4.69, 9.17) is 9.47 Å². The zero-order valence-corrected chi connectivity index (χ0v) is 12.8. The van der Waals surface area contributed by atoms with Crippen molar-refractivity contribution in [3.8, 4) is 0 Å². The van der Waals surface area contributed by atoms with Crippen molar-refractivity contribution in [2.45, 2.75) is 32.4 Å². The molecule has 0 N–H and O–H groups in total. The predicted octanol–water partition coefficient (Wildman–Crippen LogP) is 2.23. The summed E-state index contributed by atoms with van der Waals surface area (Å²) in [5.41, 5.74) is 0.430. The van der Waals surface area contributed by atoms with Gasteiger partial charge in [-0.25, -0.2) is 0 Å². The average molecular weight is 289 g/mol. The molecule has 0 amide bonds. The van der Waals surface area contributed by atoms with E-state index in [1.165, 1.54) is 5.56 Å². The number of epoxide rings is 1. The standard InChI is InChI=1S/C17H23NO3/c1-3-20-15(19)16(2)12-18(10-9-17(16)13-21-17)11-14-7-5-4-6-8-14/h4-8H,3,9-13H2,1-2H3. The summed E-state index contributed by atoms with van der Waals surface area (Å²) in [6, 6.07) is 10.4. The summed E-state index contributed by atoms with van der Waals surface area (Å²) < 4.78 is 11.0. The number of nitrogens with zero attached hydrogens (tertiary/aromatic N) is 1. The minimum absolute atomic E-state index is 0.125. The van der Waals surface area contributed by atoms with Gasteiger partial charge in [-0.15, -0.1) is 0 Å². The van der Waals surface area contributed by atoms with E-state index in [2.05, 4.69) is 29.2 Å². The van der Waals surface area contributed by atoms with Crippen LogP contribution in [0, 0.1) is 5.41 Å². The molecule has 4 nitrogen and oxygen atoms in total. The lowest BCUT2D eigenvalue weighted by Gasteiger charge is -2.43. The smallest absolute Gasteiger partial charge is 0.316 e. The summed E-state index contributed by atoms with van der Waals surface area (Å²) >= 11 is 0. The van der Waals surface area contributed by atoms with Crippen molar-refractivity contribution in [2.24, 2.45) is 5.41 Å². The molecule has 114 valence electrons. The molecule has 0 saturated carbocycles. The fourth-order valence-corrected chi connectivity index (χ4v) is 3.35. The Bertz CT molecular complexity index is 512. The summed E-state index contributed by atoms with van der Waals surface area (Å²) in [5, 5.41) is 0. The summed E-state index contributed by atoms with van der Waals surface area (Å²) in [6.07, 6.45) is 0.898. The van der Waals surface area contributed by atoms with Gasteiger partial charge in [-0.2, -0.15) is 0 Å². The van der Waals surface area contributed by atoms with Crippen molar-refractivity contribution in [2.75, 3.05) is 26.3 Å². The third-order valence-corrected chi connectivity index (χ3v) is 4.85. The van der Waals surface area contributed by atoms with Crippen molar-refractivity contribution in [3.05, 3.63) is 35.9 Å². The monoisotopic (exact) mass is 289 g/mol. The lowest BCUT2D eigenvalue weighted by atomic mass is 9.72. The van der Waals surface area contributed by atoms with E-state index >= 15 is 0 Å². The largest absolute Gasteiger partial charge is 0.465 e. The Kier molecular flexibility index (Phi) is 3.76. The highest BCUT2D eigenvalue weighted by Gasteiger charge is 2.65. The lowest BCUT2D eigenvalue weighted by Crippen LogP contribution is -2.56. The summed E-state index contributed by atoms with van der Waals surface area (Å²) in [5.74, 6) is -0.125. The zero-order valence-electron chi connectivity index (χ0n) is 12.8. The van der Waals surface area contributed by atoms with Crippen molar-refractivity contribution in [3.63, 3.8) is 0 Å². The Labute approximate surface area is 126 Å². The number of esters is 1. The molecule has 4 heteroatoms. The Morgan fingerprint density at radius 2 is 2.10 bits per heavy atom. The van der Waals surface area contributed by atoms with Crippen LogP contribution in [0.25, 0.3) is 0 Å². The second-order valence-electron chi connectivity index (χ2n) is 6.28. The molecule has 2 unspecified atom stereocenters. The molecule has 1 aromatic carbocycles. The Morgan fingerprint density at radius 3 is 2.71 bits per heavy atom. The number of benzene rings is 1. The number of hydrogen-bond acceptors (Lipinski definition) is 4. The zero-order chi connectivity index (χ0) is 14.9. The van der Waals surface area contributed by atoms with Crippen LogP contribution in [-0.4, -0.2) is 42.8 Å². The minimum Gasteiger partial charge on any atom is -0.465 e. The van der Waals surface area contributed by atoms with Crippen LogP contribution in [-0.2, 0) is 20.8 Å². The third-order valence-electron chi connectivity index (χ3n) is 4.85. The van der Waals surface area contributed by atoms with E-state index in [0.717, 1.165) is 19.5 Å². The quantitative estimate of drug-likeness (QED) is 0.630. The summed E-state index contributed by atoms with van der Waals surface area (Å²) in [4.78, 5) is 14.8.